The minimum absolute atomic E-state index is 0.347. The van der Waals surface area contributed by atoms with E-state index in [4.69, 9.17) is 0 Å². The molecule has 3 heteroatoms. The van der Waals surface area contributed by atoms with Crippen molar-refractivity contribution in [3.63, 3.8) is 0 Å². The van der Waals surface area contributed by atoms with Crippen molar-refractivity contribution in [1.29, 1.82) is 0 Å². The Bertz CT molecular complexity index is 377. The van der Waals surface area contributed by atoms with E-state index >= 15 is 0 Å². The molecule has 3 nitrogen and oxygen atoms in total. The zero-order chi connectivity index (χ0) is 13.1. The summed E-state index contributed by atoms with van der Waals surface area (Å²) in [5, 5.41) is 9.29. The normalized spacial score (nSPS) is 24.1. The first-order valence-corrected chi connectivity index (χ1v) is 6.78. The van der Waals surface area contributed by atoms with Gasteiger partial charge in [-0.2, -0.15) is 0 Å². The van der Waals surface area contributed by atoms with Crippen molar-refractivity contribution in [3.05, 3.63) is 29.8 Å². The van der Waals surface area contributed by atoms with E-state index in [1.165, 1.54) is 5.56 Å². The van der Waals surface area contributed by atoms with Crippen LogP contribution >= 0.6 is 0 Å². The molecule has 1 aliphatic rings. The zero-order valence-corrected chi connectivity index (χ0v) is 11.6. The fourth-order valence-electron chi connectivity index (χ4n) is 2.58. The summed E-state index contributed by atoms with van der Waals surface area (Å²) in [6.07, 6.45) is 1.05. The molecule has 1 heterocycles. The summed E-state index contributed by atoms with van der Waals surface area (Å²) in [6.45, 7) is 8.04. The van der Waals surface area contributed by atoms with Crippen molar-refractivity contribution in [1.82, 2.24) is 9.80 Å². The van der Waals surface area contributed by atoms with E-state index in [1.54, 1.807) is 12.1 Å². The van der Waals surface area contributed by atoms with Crippen molar-refractivity contribution in [2.45, 2.75) is 32.4 Å². The van der Waals surface area contributed by atoms with Gasteiger partial charge in [0.2, 0.25) is 0 Å². The van der Waals surface area contributed by atoms with Gasteiger partial charge in [0.15, 0.2) is 0 Å². The monoisotopic (exact) mass is 248 g/mol. The van der Waals surface area contributed by atoms with Gasteiger partial charge in [-0.15, -0.1) is 0 Å². The predicted molar refractivity (Wildman–Crippen MR) is 74.9 cm³/mol. The highest BCUT2D eigenvalue weighted by molar-refractivity contribution is 5.26. The number of nitrogens with zero attached hydrogens (tertiary/aromatic N) is 2. The second kappa shape index (κ2) is 5.72. The molecule has 18 heavy (non-hydrogen) atoms. The number of phenols is 1. The maximum atomic E-state index is 9.29. The van der Waals surface area contributed by atoms with Gasteiger partial charge in [-0.1, -0.05) is 12.1 Å². The van der Waals surface area contributed by atoms with Crippen LogP contribution in [-0.2, 0) is 6.42 Å². The third-order valence-corrected chi connectivity index (χ3v) is 4.08. The number of aromatic hydroxyl groups is 1. The van der Waals surface area contributed by atoms with Crippen molar-refractivity contribution in [3.8, 4) is 5.75 Å². The molecule has 0 bridgehead atoms. The van der Waals surface area contributed by atoms with Gasteiger partial charge in [0.05, 0.1) is 0 Å². The van der Waals surface area contributed by atoms with E-state index in [-0.39, 0.29) is 0 Å². The fraction of sp³-hybridized carbons (Fsp3) is 0.600. The van der Waals surface area contributed by atoms with Crippen molar-refractivity contribution in [2.75, 3.05) is 26.7 Å². The molecule has 0 radical (unpaired) electrons. The summed E-state index contributed by atoms with van der Waals surface area (Å²) < 4.78 is 0. The quantitative estimate of drug-likeness (QED) is 0.886. The second-order valence-corrected chi connectivity index (χ2v) is 5.54. The van der Waals surface area contributed by atoms with Crippen LogP contribution in [0.2, 0.25) is 0 Å². The van der Waals surface area contributed by atoms with E-state index in [0.29, 0.717) is 17.8 Å². The average Bonchev–Trinajstić information content (AvgIpc) is 2.35. The number of benzene rings is 1. The van der Waals surface area contributed by atoms with Crippen LogP contribution in [0.25, 0.3) is 0 Å². The Hall–Kier alpha value is -1.06. The topological polar surface area (TPSA) is 26.7 Å². The lowest BCUT2D eigenvalue weighted by Crippen LogP contribution is -2.53. The van der Waals surface area contributed by atoms with Gasteiger partial charge in [-0.25, -0.2) is 0 Å². The van der Waals surface area contributed by atoms with E-state index in [9.17, 15) is 5.11 Å². The van der Waals surface area contributed by atoms with Crippen molar-refractivity contribution >= 4 is 0 Å². The molecule has 0 saturated carbocycles. The molecule has 0 aromatic heterocycles. The Balaban J connectivity index is 1.91. The Labute approximate surface area is 110 Å². The molecular formula is C15H24N2O. The summed E-state index contributed by atoms with van der Waals surface area (Å²) in [6, 6.07) is 8.78. The van der Waals surface area contributed by atoms with Gasteiger partial charge in [-0.05, 0) is 45.0 Å². The molecule has 100 valence electrons. The molecule has 0 spiro atoms. The Morgan fingerprint density at radius 2 is 1.94 bits per heavy atom. The molecule has 2 rings (SSSR count). The fourth-order valence-corrected chi connectivity index (χ4v) is 2.58. The lowest BCUT2D eigenvalue weighted by atomic mass is 10.0. The Morgan fingerprint density at radius 1 is 1.28 bits per heavy atom. The molecule has 1 fully saturated rings. The van der Waals surface area contributed by atoms with Gasteiger partial charge < -0.3 is 10.0 Å². The first-order chi connectivity index (χ1) is 8.56. The van der Waals surface area contributed by atoms with Crippen LogP contribution < -0.4 is 0 Å². The maximum Gasteiger partial charge on any atom is 0.115 e. The van der Waals surface area contributed by atoms with E-state index in [0.717, 1.165) is 26.1 Å². The predicted octanol–water partition coefficient (Wildman–Crippen LogP) is 1.96. The largest absolute Gasteiger partial charge is 0.508 e. The van der Waals surface area contributed by atoms with Gasteiger partial charge >= 0.3 is 0 Å². The van der Waals surface area contributed by atoms with Gasteiger partial charge in [0.1, 0.15) is 5.75 Å². The van der Waals surface area contributed by atoms with Crippen LogP contribution in [0.1, 0.15) is 19.4 Å². The van der Waals surface area contributed by atoms with Crippen LogP contribution in [0.4, 0.5) is 0 Å². The first kappa shape index (κ1) is 13.4. The van der Waals surface area contributed by atoms with Crippen molar-refractivity contribution < 1.29 is 5.11 Å². The van der Waals surface area contributed by atoms with Crippen LogP contribution in [-0.4, -0.2) is 53.7 Å². The molecule has 2 unspecified atom stereocenters. The minimum Gasteiger partial charge on any atom is -0.508 e. The van der Waals surface area contributed by atoms with Gasteiger partial charge in [0.25, 0.3) is 0 Å². The third kappa shape index (κ3) is 3.24. The number of phenolic OH excluding ortho intramolecular Hbond substituents is 1. The van der Waals surface area contributed by atoms with E-state index in [2.05, 4.69) is 30.7 Å². The van der Waals surface area contributed by atoms with E-state index < -0.39 is 0 Å². The highest BCUT2D eigenvalue weighted by atomic mass is 16.3. The Morgan fingerprint density at radius 3 is 2.56 bits per heavy atom. The summed E-state index contributed by atoms with van der Waals surface area (Å²) in [5.74, 6) is 0.347. The number of hydrogen-bond donors (Lipinski definition) is 1. The van der Waals surface area contributed by atoms with Crippen LogP contribution in [0, 0.1) is 0 Å². The van der Waals surface area contributed by atoms with Crippen molar-refractivity contribution in [2.24, 2.45) is 0 Å². The lowest BCUT2D eigenvalue weighted by molar-refractivity contribution is 0.0776. The standard InChI is InChI=1S/C15H24N2O/c1-12(10-14-4-6-15(18)7-5-14)17-9-8-16(3)13(2)11-17/h4-7,12-13,18H,8-11H2,1-3H3. The van der Waals surface area contributed by atoms with Gasteiger partial charge in [0, 0.05) is 31.7 Å². The summed E-state index contributed by atoms with van der Waals surface area (Å²) in [5.41, 5.74) is 1.30. The number of piperazine rings is 1. The summed E-state index contributed by atoms with van der Waals surface area (Å²) >= 11 is 0. The number of rotatable bonds is 3. The highest BCUT2D eigenvalue weighted by Gasteiger charge is 2.24. The molecule has 1 N–H and O–H groups in total. The zero-order valence-electron chi connectivity index (χ0n) is 11.6. The average molecular weight is 248 g/mol. The minimum atomic E-state index is 0.347. The van der Waals surface area contributed by atoms with Crippen LogP contribution in [0.15, 0.2) is 24.3 Å². The molecule has 1 aromatic rings. The SMILES string of the molecule is CC1CN(C(C)Cc2ccc(O)cc2)CCN1C. The molecule has 0 aliphatic carbocycles. The molecule has 2 atom stereocenters. The summed E-state index contributed by atoms with van der Waals surface area (Å²) in [7, 11) is 2.20. The third-order valence-electron chi connectivity index (χ3n) is 4.08. The molecular weight excluding hydrogens is 224 g/mol. The molecule has 1 aromatic carbocycles. The molecule has 1 aliphatic heterocycles. The van der Waals surface area contributed by atoms with Crippen LogP contribution in [0.3, 0.4) is 0 Å². The maximum absolute atomic E-state index is 9.29. The van der Waals surface area contributed by atoms with E-state index in [1.807, 2.05) is 12.1 Å². The van der Waals surface area contributed by atoms with Crippen LogP contribution in [0.5, 0.6) is 5.75 Å². The van der Waals surface area contributed by atoms with Gasteiger partial charge in [-0.3, -0.25) is 4.90 Å². The lowest BCUT2D eigenvalue weighted by Gasteiger charge is -2.40. The smallest absolute Gasteiger partial charge is 0.115 e. The number of likely N-dealkylation sites (N-methyl/N-ethyl adjacent to an activating group) is 1. The Kier molecular flexibility index (Phi) is 4.25. The molecule has 1 saturated heterocycles. The highest BCUT2D eigenvalue weighted by Crippen LogP contribution is 2.16. The first-order valence-electron chi connectivity index (χ1n) is 6.78. The summed E-state index contributed by atoms with van der Waals surface area (Å²) in [4.78, 5) is 4.99. The molecule has 0 amide bonds. The second-order valence-electron chi connectivity index (χ2n) is 5.54. The number of hydrogen-bond acceptors (Lipinski definition) is 3.